The van der Waals surface area contributed by atoms with Crippen LogP contribution in [-0.2, 0) is 9.84 Å². The smallest absolute Gasteiger partial charge is 0.180 e. The van der Waals surface area contributed by atoms with E-state index in [2.05, 4.69) is 0 Å². The number of hydroxylamine groups is 2. The van der Waals surface area contributed by atoms with Crippen LogP contribution in [0.5, 0.6) is 0 Å². The van der Waals surface area contributed by atoms with Crippen LogP contribution in [0.4, 0.5) is 0 Å². The van der Waals surface area contributed by atoms with Gasteiger partial charge in [0, 0.05) is 6.54 Å². The quantitative estimate of drug-likeness (QED) is 0.842. The van der Waals surface area contributed by atoms with Crippen molar-refractivity contribution in [2.75, 3.05) is 12.3 Å². The summed E-state index contributed by atoms with van der Waals surface area (Å²) in [6, 6.07) is 7.56. The van der Waals surface area contributed by atoms with Crippen LogP contribution in [0.1, 0.15) is 12.8 Å². The molecule has 0 aromatic heterocycles. The number of aliphatic hydroxyl groups is 1. The first-order chi connectivity index (χ1) is 8.50. The maximum atomic E-state index is 12.0. The molecule has 5 nitrogen and oxygen atoms in total. The maximum Gasteiger partial charge on any atom is 0.180 e. The molecule has 1 saturated heterocycles. The lowest BCUT2D eigenvalue weighted by Crippen LogP contribution is -2.40. The van der Waals surface area contributed by atoms with E-state index in [4.69, 9.17) is 0 Å². The average molecular weight is 271 g/mol. The number of hydrogen-bond acceptors (Lipinski definition) is 5. The second kappa shape index (κ2) is 5.36. The molecule has 0 unspecified atom stereocenters. The summed E-state index contributed by atoms with van der Waals surface area (Å²) in [5.74, 6) is -0.362. The van der Waals surface area contributed by atoms with Crippen LogP contribution in [0.2, 0.25) is 0 Å². The Balaban J connectivity index is 2.09. The molecule has 2 rings (SSSR count). The summed E-state index contributed by atoms with van der Waals surface area (Å²) in [5, 5.41) is 20.5. The van der Waals surface area contributed by atoms with Gasteiger partial charge in [-0.3, -0.25) is 0 Å². The second-order valence-corrected chi connectivity index (χ2v) is 6.57. The van der Waals surface area contributed by atoms with Crippen LogP contribution in [0.15, 0.2) is 35.2 Å². The number of rotatable bonds is 4. The third kappa shape index (κ3) is 2.89. The van der Waals surface area contributed by atoms with E-state index < -0.39 is 22.0 Å². The number of benzene rings is 1. The van der Waals surface area contributed by atoms with Crippen molar-refractivity contribution in [3.63, 3.8) is 0 Å². The Morgan fingerprint density at radius 3 is 2.56 bits per heavy atom. The molecule has 1 fully saturated rings. The van der Waals surface area contributed by atoms with Crippen LogP contribution < -0.4 is 0 Å². The highest BCUT2D eigenvalue weighted by molar-refractivity contribution is 7.91. The Morgan fingerprint density at radius 1 is 1.33 bits per heavy atom. The van der Waals surface area contributed by atoms with Crippen molar-refractivity contribution in [2.24, 2.45) is 0 Å². The summed E-state index contributed by atoms with van der Waals surface area (Å²) < 4.78 is 24.1. The molecule has 18 heavy (non-hydrogen) atoms. The summed E-state index contributed by atoms with van der Waals surface area (Å²) >= 11 is 0. The molecule has 100 valence electrons. The molecule has 1 aromatic carbocycles. The van der Waals surface area contributed by atoms with Gasteiger partial charge in [-0.25, -0.2) is 8.42 Å². The molecule has 0 aliphatic carbocycles. The van der Waals surface area contributed by atoms with Crippen molar-refractivity contribution < 1.29 is 18.7 Å². The Hall–Kier alpha value is -0.950. The molecule has 1 aliphatic rings. The molecule has 2 N–H and O–H groups in total. The molecule has 1 aliphatic heterocycles. The van der Waals surface area contributed by atoms with E-state index in [-0.39, 0.29) is 10.6 Å². The highest BCUT2D eigenvalue weighted by atomic mass is 32.2. The molecule has 0 saturated carbocycles. The van der Waals surface area contributed by atoms with Gasteiger partial charge in [0.2, 0.25) is 0 Å². The maximum absolute atomic E-state index is 12.0. The zero-order chi connectivity index (χ0) is 13.2. The summed E-state index contributed by atoms with van der Waals surface area (Å²) in [5.41, 5.74) is 0. The van der Waals surface area contributed by atoms with Crippen LogP contribution in [0.25, 0.3) is 0 Å². The highest BCUT2D eigenvalue weighted by Crippen LogP contribution is 2.21. The Bertz CT molecular complexity index is 488. The van der Waals surface area contributed by atoms with Gasteiger partial charge in [0.05, 0.1) is 22.8 Å². The number of aliphatic hydroxyl groups excluding tert-OH is 1. The topological polar surface area (TPSA) is 77.8 Å². The predicted octanol–water partition coefficient (Wildman–Crippen LogP) is 0.675. The molecule has 1 aromatic rings. The lowest BCUT2D eigenvalue weighted by Gasteiger charge is -2.23. The van der Waals surface area contributed by atoms with E-state index >= 15 is 0 Å². The van der Waals surface area contributed by atoms with Gasteiger partial charge in [-0.2, -0.15) is 5.06 Å². The predicted molar refractivity (Wildman–Crippen MR) is 66.0 cm³/mol. The highest BCUT2D eigenvalue weighted by Gasteiger charge is 2.33. The standard InChI is InChI=1S/C12H17NO4S/c14-12(11-7-4-8-13(11)15)9-18(16,17)10-5-2-1-3-6-10/h1-3,5-6,11-12,14-15H,4,7-9H2/t11-,12+/m0/s1. The molecule has 6 heteroatoms. The SMILES string of the molecule is O=S(=O)(C[C@@H](O)[C@@H]1CCCN1O)c1ccccc1. The van der Waals surface area contributed by atoms with Crippen LogP contribution in [0.3, 0.4) is 0 Å². The molecule has 0 amide bonds. The van der Waals surface area contributed by atoms with E-state index in [1.54, 1.807) is 18.2 Å². The molecule has 2 atom stereocenters. The molecule has 0 radical (unpaired) electrons. The molecular weight excluding hydrogens is 254 g/mol. The fraction of sp³-hybridized carbons (Fsp3) is 0.500. The van der Waals surface area contributed by atoms with Gasteiger partial charge in [0.15, 0.2) is 9.84 Å². The lowest BCUT2D eigenvalue weighted by atomic mass is 10.1. The van der Waals surface area contributed by atoms with Gasteiger partial charge in [0.25, 0.3) is 0 Å². The van der Waals surface area contributed by atoms with E-state index in [0.717, 1.165) is 11.5 Å². The van der Waals surface area contributed by atoms with Crippen molar-refractivity contribution in [3.8, 4) is 0 Å². The number of sulfone groups is 1. The first kappa shape index (κ1) is 13.5. The van der Waals surface area contributed by atoms with Crippen LogP contribution in [-0.4, -0.2) is 48.2 Å². The average Bonchev–Trinajstić information content (AvgIpc) is 2.76. The van der Waals surface area contributed by atoms with Gasteiger partial charge in [-0.15, -0.1) is 0 Å². The summed E-state index contributed by atoms with van der Waals surface area (Å²) in [6.07, 6.45) is 0.314. The van der Waals surface area contributed by atoms with Crippen molar-refractivity contribution in [1.29, 1.82) is 0 Å². The van der Waals surface area contributed by atoms with E-state index in [0.29, 0.717) is 13.0 Å². The van der Waals surface area contributed by atoms with Gasteiger partial charge in [0.1, 0.15) is 0 Å². The second-order valence-electron chi connectivity index (χ2n) is 4.53. The Morgan fingerprint density at radius 2 is 2.00 bits per heavy atom. The Kier molecular flexibility index (Phi) is 4.01. The third-order valence-corrected chi connectivity index (χ3v) is 4.98. The van der Waals surface area contributed by atoms with E-state index in [1.165, 1.54) is 12.1 Å². The van der Waals surface area contributed by atoms with Gasteiger partial charge < -0.3 is 10.3 Å². The minimum Gasteiger partial charge on any atom is -0.390 e. The third-order valence-electron chi connectivity index (χ3n) is 3.21. The van der Waals surface area contributed by atoms with Gasteiger partial charge >= 0.3 is 0 Å². The number of hydrogen-bond donors (Lipinski definition) is 2. The van der Waals surface area contributed by atoms with Crippen LogP contribution in [0, 0.1) is 0 Å². The zero-order valence-electron chi connectivity index (χ0n) is 9.94. The largest absolute Gasteiger partial charge is 0.390 e. The minimum absolute atomic E-state index is 0.200. The van der Waals surface area contributed by atoms with Crippen molar-refractivity contribution in [1.82, 2.24) is 5.06 Å². The molecule has 0 spiro atoms. The van der Waals surface area contributed by atoms with Gasteiger partial charge in [-0.05, 0) is 25.0 Å². The normalized spacial score (nSPS) is 23.1. The van der Waals surface area contributed by atoms with Crippen molar-refractivity contribution in [2.45, 2.75) is 29.9 Å². The van der Waals surface area contributed by atoms with E-state index in [1.807, 2.05) is 0 Å². The summed E-state index contributed by atoms with van der Waals surface area (Å²) in [6.45, 7) is 0.479. The Labute approximate surface area is 107 Å². The minimum atomic E-state index is -3.51. The van der Waals surface area contributed by atoms with Crippen molar-refractivity contribution in [3.05, 3.63) is 30.3 Å². The lowest BCUT2D eigenvalue weighted by molar-refractivity contribution is -0.127. The summed E-state index contributed by atoms with van der Waals surface area (Å²) in [7, 11) is -3.51. The zero-order valence-corrected chi connectivity index (χ0v) is 10.8. The van der Waals surface area contributed by atoms with Crippen LogP contribution >= 0.6 is 0 Å². The summed E-state index contributed by atoms with van der Waals surface area (Å²) in [4.78, 5) is 0.200. The molecule has 0 bridgehead atoms. The molecule has 1 heterocycles. The fourth-order valence-electron chi connectivity index (χ4n) is 2.23. The monoisotopic (exact) mass is 271 g/mol. The first-order valence-corrected chi connectivity index (χ1v) is 7.57. The molecular formula is C12H17NO4S. The van der Waals surface area contributed by atoms with Crippen molar-refractivity contribution >= 4 is 9.84 Å². The fourth-order valence-corrected chi connectivity index (χ4v) is 3.66. The first-order valence-electron chi connectivity index (χ1n) is 5.92. The van der Waals surface area contributed by atoms with E-state index in [9.17, 15) is 18.7 Å². The number of nitrogens with zero attached hydrogens (tertiary/aromatic N) is 1. The van der Waals surface area contributed by atoms with Gasteiger partial charge in [-0.1, -0.05) is 18.2 Å².